The van der Waals surface area contributed by atoms with Crippen molar-refractivity contribution < 1.29 is 5.11 Å². The van der Waals surface area contributed by atoms with E-state index in [1.165, 1.54) is 0 Å². The molecule has 0 bridgehead atoms. The van der Waals surface area contributed by atoms with Crippen molar-refractivity contribution in [2.45, 2.75) is 18.9 Å². The summed E-state index contributed by atoms with van der Waals surface area (Å²) in [6, 6.07) is 0. The van der Waals surface area contributed by atoms with Crippen LogP contribution in [0.4, 0.5) is 0 Å². The van der Waals surface area contributed by atoms with Crippen LogP contribution in [-0.2, 0) is 0 Å². The number of hydrogen-bond donors (Lipinski definition) is 1. The van der Waals surface area contributed by atoms with Gasteiger partial charge in [-0.3, -0.25) is 0 Å². The lowest BCUT2D eigenvalue weighted by Crippen LogP contribution is -2.33. The van der Waals surface area contributed by atoms with Crippen molar-refractivity contribution in [1.29, 1.82) is 0 Å². The fourth-order valence-corrected chi connectivity index (χ4v) is 3.14. The Kier molecular flexibility index (Phi) is 1.46. The quantitative estimate of drug-likeness (QED) is 0.615. The van der Waals surface area contributed by atoms with E-state index < -0.39 is 0 Å². The zero-order valence-electron chi connectivity index (χ0n) is 8.06. The normalized spacial score (nSPS) is 47.9. The third-order valence-electron chi connectivity index (χ3n) is 3.81. The standard InChI is InChI=1S/C13H14O/c14-11-9-12-5-1-2-6-13(12,10-11)8-4-3-7-12/h1-8,11,14H,9-10H2. The van der Waals surface area contributed by atoms with Gasteiger partial charge in [0.15, 0.2) is 0 Å². The second kappa shape index (κ2) is 2.48. The van der Waals surface area contributed by atoms with Crippen LogP contribution < -0.4 is 0 Å². The second-order valence-corrected chi connectivity index (χ2v) is 4.58. The predicted octanol–water partition coefficient (Wildman–Crippen LogP) is 2.37. The van der Waals surface area contributed by atoms with Gasteiger partial charge < -0.3 is 5.11 Å². The summed E-state index contributed by atoms with van der Waals surface area (Å²) in [4.78, 5) is 0. The molecular weight excluding hydrogens is 172 g/mol. The van der Waals surface area contributed by atoms with Crippen molar-refractivity contribution in [2.75, 3.05) is 0 Å². The summed E-state index contributed by atoms with van der Waals surface area (Å²) in [5.41, 5.74) is 0.103. The molecule has 0 heterocycles. The van der Waals surface area contributed by atoms with Crippen molar-refractivity contribution in [3.05, 3.63) is 48.6 Å². The lowest BCUT2D eigenvalue weighted by Gasteiger charge is -2.41. The maximum atomic E-state index is 9.84. The highest BCUT2D eigenvalue weighted by molar-refractivity contribution is 5.42. The van der Waals surface area contributed by atoms with Crippen LogP contribution in [0.15, 0.2) is 48.6 Å². The molecule has 1 saturated carbocycles. The second-order valence-electron chi connectivity index (χ2n) is 4.58. The highest BCUT2D eigenvalue weighted by atomic mass is 16.3. The minimum atomic E-state index is -0.171. The first-order valence-electron chi connectivity index (χ1n) is 5.19. The van der Waals surface area contributed by atoms with Gasteiger partial charge in [0.2, 0.25) is 0 Å². The van der Waals surface area contributed by atoms with Gasteiger partial charge in [-0.2, -0.15) is 0 Å². The van der Waals surface area contributed by atoms with E-state index >= 15 is 0 Å². The summed E-state index contributed by atoms with van der Waals surface area (Å²) in [5, 5.41) is 9.84. The molecular formula is C13H14O. The van der Waals surface area contributed by atoms with Crippen molar-refractivity contribution in [3.8, 4) is 0 Å². The fraction of sp³-hybridized carbons (Fsp3) is 0.385. The molecule has 1 nitrogen and oxygen atoms in total. The van der Waals surface area contributed by atoms with E-state index in [9.17, 15) is 5.11 Å². The van der Waals surface area contributed by atoms with E-state index in [-0.39, 0.29) is 16.9 Å². The summed E-state index contributed by atoms with van der Waals surface area (Å²) in [7, 11) is 0. The average Bonchev–Trinajstić information content (AvgIpc) is 2.48. The van der Waals surface area contributed by atoms with Crippen molar-refractivity contribution >= 4 is 0 Å². The highest BCUT2D eigenvalue weighted by Crippen LogP contribution is 2.59. The Balaban J connectivity index is 2.18. The van der Waals surface area contributed by atoms with E-state index in [0.717, 1.165) is 12.8 Å². The third kappa shape index (κ3) is 0.833. The van der Waals surface area contributed by atoms with Crippen LogP contribution in [-0.4, -0.2) is 11.2 Å². The number of hydrogen-bond acceptors (Lipinski definition) is 1. The Bertz CT molecular complexity index is 311. The largest absolute Gasteiger partial charge is 0.393 e. The van der Waals surface area contributed by atoms with Gasteiger partial charge in [0, 0.05) is 10.8 Å². The van der Waals surface area contributed by atoms with E-state index in [1.54, 1.807) is 0 Å². The zero-order chi connectivity index (χ0) is 9.65. The number of rotatable bonds is 0. The summed E-state index contributed by atoms with van der Waals surface area (Å²) in [5.74, 6) is 0. The Labute approximate surface area is 84.1 Å². The van der Waals surface area contributed by atoms with E-state index in [2.05, 4.69) is 48.6 Å². The molecule has 0 aromatic carbocycles. The molecule has 0 spiro atoms. The van der Waals surface area contributed by atoms with Gasteiger partial charge in [-0.15, -0.1) is 0 Å². The number of aliphatic hydroxyl groups is 1. The molecule has 0 atom stereocenters. The van der Waals surface area contributed by atoms with Crippen LogP contribution in [0.25, 0.3) is 0 Å². The molecule has 1 fully saturated rings. The first-order valence-corrected chi connectivity index (χ1v) is 5.19. The Morgan fingerprint density at radius 1 is 0.786 bits per heavy atom. The van der Waals surface area contributed by atoms with Crippen molar-refractivity contribution in [3.63, 3.8) is 0 Å². The lowest BCUT2D eigenvalue weighted by atomic mass is 9.61. The molecule has 1 N–H and O–H groups in total. The molecule has 0 saturated heterocycles. The van der Waals surface area contributed by atoms with Crippen LogP contribution in [0.5, 0.6) is 0 Å². The third-order valence-corrected chi connectivity index (χ3v) is 3.81. The van der Waals surface area contributed by atoms with Crippen LogP contribution in [0.3, 0.4) is 0 Å². The molecule has 0 aromatic heterocycles. The molecule has 1 heteroatoms. The molecule has 72 valence electrons. The smallest absolute Gasteiger partial charge is 0.0563 e. The summed E-state index contributed by atoms with van der Waals surface area (Å²) < 4.78 is 0. The van der Waals surface area contributed by atoms with E-state index in [0.29, 0.717) is 0 Å². The Morgan fingerprint density at radius 2 is 1.14 bits per heavy atom. The molecule has 0 radical (unpaired) electrons. The van der Waals surface area contributed by atoms with Crippen LogP contribution in [0.2, 0.25) is 0 Å². The molecule has 0 unspecified atom stereocenters. The topological polar surface area (TPSA) is 20.2 Å². The van der Waals surface area contributed by atoms with Gasteiger partial charge in [0.05, 0.1) is 6.10 Å². The van der Waals surface area contributed by atoms with Gasteiger partial charge in [0.25, 0.3) is 0 Å². The molecule has 3 aliphatic rings. The maximum Gasteiger partial charge on any atom is 0.0563 e. The van der Waals surface area contributed by atoms with Crippen LogP contribution >= 0.6 is 0 Å². The van der Waals surface area contributed by atoms with Gasteiger partial charge >= 0.3 is 0 Å². The monoisotopic (exact) mass is 186 g/mol. The van der Waals surface area contributed by atoms with Crippen molar-refractivity contribution in [2.24, 2.45) is 10.8 Å². The van der Waals surface area contributed by atoms with Crippen molar-refractivity contribution in [1.82, 2.24) is 0 Å². The molecule has 0 aliphatic heterocycles. The average molecular weight is 186 g/mol. The Morgan fingerprint density at radius 3 is 1.50 bits per heavy atom. The predicted molar refractivity (Wildman–Crippen MR) is 56.7 cm³/mol. The number of allylic oxidation sites excluding steroid dienone is 8. The minimum absolute atomic E-state index is 0.0515. The zero-order valence-corrected chi connectivity index (χ0v) is 8.06. The van der Waals surface area contributed by atoms with Gasteiger partial charge in [0.1, 0.15) is 0 Å². The summed E-state index contributed by atoms with van der Waals surface area (Å²) in [6.45, 7) is 0. The molecule has 14 heavy (non-hydrogen) atoms. The fourth-order valence-electron chi connectivity index (χ4n) is 3.14. The molecule has 0 aromatic rings. The van der Waals surface area contributed by atoms with Crippen LogP contribution in [0.1, 0.15) is 12.8 Å². The van der Waals surface area contributed by atoms with E-state index in [4.69, 9.17) is 0 Å². The lowest BCUT2D eigenvalue weighted by molar-refractivity contribution is 0.173. The molecule has 0 amide bonds. The Hall–Kier alpha value is -1.08. The van der Waals surface area contributed by atoms with Gasteiger partial charge in [-0.05, 0) is 12.8 Å². The summed E-state index contributed by atoms with van der Waals surface area (Å²) in [6.07, 6.45) is 18.9. The molecule has 3 aliphatic carbocycles. The molecule has 3 rings (SSSR count). The summed E-state index contributed by atoms with van der Waals surface area (Å²) >= 11 is 0. The SMILES string of the molecule is OC1CC23C=CC=CC2(C=CC=C3)C1. The van der Waals surface area contributed by atoms with E-state index in [1.807, 2.05) is 0 Å². The number of aliphatic hydroxyl groups excluding tert-OH is 1. The first kappa shape index (κ1) is 8.25. The highest BCUT2D eigenvalue weighted by Gasteiger charge is 2.53. The minimum Gasteiger partial charge on any atom is -0.393 e. The van der Waals surface area contributed by atoms with Gasteiger partial charge in [-0.1, -0.05) is 48.6 Å². The first-order chi connectivity index (χ1) is 6.77. The van der Waals surface area contributed by atoms with Crippen LogP contribution in [0, 0.1) is 10.8 Å². The van der Waals surface area contributed by atoms with Gasteiger partial charge in [-0.25, -0.2) is 0 Å². The maximum absolute atomic E-state index is 9.84.